The van der Waals surface area contributed by atoms with Crippen molar-refractivity contribution >= 4 is 34.9 Å². The first-order valence-electron chi connectivity index (χ1n) is 12.9. The number of aliphatic hydroxyl groups is 1. The Hall–Kier alpha value is -3.08. The monoisotopic (exact) mass is 565 g/mol. The Morgan fingerprint density at radius 3 is 2.28 bits per heavy atom. The molecule has 0 aromatic heterocycles. The molecule has 39 heavy (non-hydrogen) atoms. The molecule has 4 rings (SSSR count). The number of rotatable bonds is 6. The quantitative estimate of drug-likeness (QED) is 0.339. The minimum atomic E-state index is -1.15. The van der Waals surface area contributed by atoms with E-state index in [2.05, 4.69) is 15.9 Å². The summed E-state index contributed by atoms with van der Waals surface area (Å²) in [5.74, 6) is -0.392. The average molecular weight is 567 g/mol. The highest BCUT2D eigenvalue weighted by Gasteiger charge is 2.34. The van der Waals surface area contributed by atoms with Gasteiger partial charge in [0, 0.05) is 31.2 Å². The second-order valence-electron chi connectivity index (χ2n) is 11.1. The Morgan fingerprint density at radius 1 is 1.03 bits per heavy atom. The van der Waals surface area contributed by atoms with Gasteiger partial charge in [0.1, 0.15) is 5.60 Å². The summed E-state index contributed by atoms with van der Waals surface area (Å²) in [6, 6.07) is 22.2. The van der Waals surface area contributed by atoms with Crippen molar-refractivity contribution in [2.24, 2.45) is 0 Å². The van der Waals surface area contributed by atoms with E-state index in [1.807, 2.05) is 51.1 Å². The number of esters is 1. The molecule has 2 atom stereocenters. The van der Waals surface area contributed by atoms with Crippen LogP contribution in [0.5, 0.6) is 0 Å². The van der Waals surface area contributed by atoms with E-state index >= 15 is 0 Å². The highest BCUT2D eigenvalue weighted by molar-refractivity contribution is 6.33. The van der Waals surface area contributed by atoms with Crippen LogP contribution in [0.3, 0.4) is 0 Å². The fraction of sp³-hybridized carbons (Fsp3) is 0.355. The lowest BCUT2D eigenvalue weighted by molar-refractivity contribution is 0.00612. The molecular weight excluding hydrogens is 533 g/mol. The predicted octanol–water partition coefficient (Wildman–Crippen LogP) is 6.59. The molecule has 1 saturated heterocycles. The Kier molecular flexibility index (Phi) is 8.58. The molecule has 3 aromatic carbocycles. The summed E-state index contributed by atoms with van der Waals surface area (Å²) in [5, 5.41) is 21.9. The second kappa shape index (κ2) is 11.6. The number of nitriles is 1. The number of halogens is 2. The fourth-order valence-electron chi connectivity index (χ4n) is 4.88. The highest BCUT2D eigenvalue weighted by atomic mass is 35.5. The van der Waals surface area contributed by atoms with E-state index in [0.29, 0.717) is 47.4 Å². The lowest BCUT2D eigenvalue weighted by Crippen LogP contribution is -2.52. The Labute approximate surface area is 240 Å². The third-order valence-corrected chi connectivity index (χ3v) is 7.33. The van der Waals surface area contributed by atoms with Crippen LogP contribution in [-0.2, 0) is 10.3 Å². The maximum absolute atomic E-state index is 12.4. The lowest BCUT2D eigenvalue weighted by Gasteiger charge is -2.45. The second-order valence-corrected chi connectivity index (χ2v) is 12.0. The Balaban J connectivity index is 1.54. The van der Waals surface area contributed by atoms with Crippen molar-refractivity contribution in [2.75, 3.05) is 31.1 Å². The summed E-state index contributed by atoms with van der Waals surface area (Å²) >= 11 is 12.8. The smallest absolute Gasteiger partial charge is 0.338 e. The highest BCUT2D eigenvalue weighted by Crippen LogP contribution is 2.37. The van der Waals surface area contributed by atoms with Gasteiger partial charge in [-0.25, -0.2) is 4.79 Å². The van der Waals surface area contributed by atoms with Crippen molar-refractivity contribution in [2.45, 2.75) is 44.9 Å². The zero-order valence-corrected chi connectivity index (χ0v) is 24.1. The number of ether oxygens (including phenoxy) is 1. The number of hydrogen-bond acceptors (Lipinski definition) is 6. The van der Waals surface area contributed by atoms with Crippen molar-refractivity contribution in [3.63, 3.8) is 0 Å². The van der Waals surface area contributed by atoms with Crippen LogP contribution in [0.1, 0.15) is 60.8 Å². The Morgan fingerprint density at radius 2 is 1.69 bits per heavy atom. The number of β-amino-alcohol motifs (C(OH)–C–C–N with tert-alkyl or cyclic N) is 1. The fourth-order valence-corrected chi connectivity index (χ4v) is 5.30. The first-order valence-corrected chi connectivity index (χ1v) is 13.6. The molecule has 1 aliphatic rings. The van der Waals surface area contributed by atoms with Gasteiger partial charge in [0.2, 0.25) is 0 Å². The Bertz CT molecular complexity index is 1360. The number of benzene rings is 3. The minimum absolute atomic E-state index is 0.0493. The molecule has 204 valence electrons. The van der Waals surface area contributed by atoms with E-state index in [1.54, 1.807) is 43.3 Å². The summed E-state index contributed by atoms with van der Waals surface area (Å²) in [4.78, 5) is 16.9. The van der Waals surface area contributed by atoms with Crippen molar-refractivity contribution < 1.29 is 14.6 Å². The number of nitrogens with zero attached hydrogens (tertiary/aromatic N) is 3. The van der Waals surface area contributed by atoms with Crippen LogP contribution in [0.4, 0.5) is 5.69 Å². The number of piperazine rings is 1. The molecule has 1 heterocycles. The lowest BCUT2D eigenvalue weighted by atomic mass is 9.93. The van der Waals surface area contributed by atoms with Crippen LogP contribution in [0.2, 0.25) is 10.0 Å². The molecule has 0 spiro atoms. The molecule has 0 saturated carbocycles. The largest absolute Gasteiger partial charge is 0.456 e. The minimum Gasteiger partial charge on any atom is -0.456 e. The van der Waals surface area contributed by atoms with E-state index in [0.717, 1.165) is 16.8 Å². The molecule has 6 nitrogen and oxygen atoms in total. The maximum atomic E-state index is 12.4. The van der Waals surface area contributed by atoms with Crippen LogP contribution >= 0.6 is 23.2 Å². The van der Waals surface area contributed by atoms with Gasteiger partial charge < -0.3 is 14.7 Å². The SMILES string of the molecule is CC(C)(C)OC(=O)c1ccc([C@](C)(O)CN2CCN(c3ccc(C#N)cc3Cl)C(c3ccc(Cl)cc3)C2)cc1. The summed E-state index contributed by atoms with van der Waals surface area (Å²) in [7, 11) is 0. The molecule has 0 radical (unpaired) electrons. The number of carbonyl (C=O) groups excluding carboxylic acids is 1. The summed E-state index contributed by atoms with van der Waals surface area (Å²) in [5.41, 5.74) is 1.89. The van der Waals surface area contributed by atoms with Crippen molar-refractivity contribution in [1.82, 2.24) is 4.90 Å². The van der Waals surface area contributed by atoms with Gasteiger partial charge in [-0.3, -0.25) is 4.90 Å². The van der Waals surface area contributed by atoms with E-state index in [9.17, 15) is 15.2 Å². The molecule has 1 N–H and O–H groups in total. The summed E-state index contributed by atoms with van der Waals surface area (Å²) in [6.07, 6.45) is 0. The molecule has 0 amide bonds. The van der Waals surface area contributed by atoms with Gasteiger partial charge in [0.25, 0.3) is 0 Å². The first-order chi connectivity index (χ1) is 18.4. The van der Waals surface area contributed by atoms with Gasteiger partial charge in [-0.05, 0) is 81.3 Å². The molecular formula is C31H33Cl2N3O3. The zero-order valence-electron chi connectivity index (χ0n) is 22.6. The van der Waals surface area contributed by atoms with Crippen LogP contribution in [0, 0.1) is 11.3 Å². The number of hydrogen-bond donors (Lipinski definition) is 1. The molecule has 8 heteroatoms. The van der Waals surface area contributed by atoms with Gasteiger partial charge >= 0.3 is 5.97 Å². The van der Waals surface area contributed by atoms with E-state index in [4.69, 9.17) is 27.9 Å². The third kappa shape index (κ3) is 7.12. The zero-order chi connectivity index (χ0) is 28.4. The van der Waals surface area contributed by atoms with E-state index in [-0.39, 0.29) is 6.04 Å². The van der Waals surface area contributed by atoms with Crippen LogP contribution in [-0.4, -0.2) is 47.8 Å². The average Bonchev–Trinajstić information content (AvgIpc) is 2.88. The summed E-state index contributed by atoms with van der Waals surface area (Å²) < 4.78 is 5.45. The van der Waals surface area contributed by atoms with E-state index in [1.165, 1.54) is 0 Å². The van der Waals surface area contributed by atoms with Crippen LogP contribution in [0.15, 0.2) is 66.7 Å². The summed E-state index contributed by atoms with van der Waals surface area (Å²) in [6.45, 7) is 9.70. The van der Waals surface area contributed by atoms with Crippen molar-refractivity contribution in [1.29, 1.82) is 5.26 Å². The standard InChI is InChI=1S/C31H33Cl2N3O3/c1-30(2,3)39-29(37)23-6-10-24(11-7-23)31(4,38)20-35-15-16-36(27-14-5-21(18-34)17-26(27)33)28(19-35)22-8-12-25(32)13-9-22/h5-14,17,28,38H,15-16,19-20H2,1-4H3/t28?,31-/m1/s1. The number of carbonyl (C=O) groups is 1. The molecule has 1 fully saturated rings. The maximum Gasteiger partial charge on any atom is 0.338 e. The van der Waals surface area contributed by atoms with E-state index < -0.39 is 17.2 Å². The van der Waals surface area contributed by atoms with Gasteiger partial charge in [0.05, 0.1) is 39.5 Å². The van der Waals surface area contributed by atoms with Gasteiger partial charge in [-0.2, -0.15) is 5.26 Å². The van der Waals surface area contributed by atoms with Gasteiger partial charge in [0.15, 0.2) is 0 Å². The molecule has 1 unspecified atom stereocenters. The molecule has 0 aliphatic carbocycles. The van der Waals surface area contributed by atoms with Crippen molar-refractivity contribution in [3.8, 4) is 6.07 Å². The third-order valence-electron chi connectivity index (χ3n) is 6.78. The van der Waals surface area contributed by atoms with Gasteiger partial charge in [-0.1, -0.05) is 47.5 Å². The molecule has 1 aliphatic heterocycles. The van der Waals surface area contributed by atoms with Crippen LogP contribution in [0.25, 0.3) is 0 Å². The van der Waals surface area contributed by atoms with Crippen molar-refractivity contribution in [3.05, 3.63) is 99.0 Å². The number of anilines is 1. The van der Waals surface area contributed by atoms with Crippen LogP contribution < -0.4 is 4.90 Å². The normalized spacial score (nSPS) is 17.8. The van der Waals surface area contributed by atoms with Gasteiger partial charge in [-0.15, -0.1) is 0 Å². The molecule has 3 aromatic rings. The topological polar surface area (TPSA) is 76.8 Å². The molecule has 0 bridgehead atoms. The predicted molar refractivity (Wildman–Crippen MR) is 155 cm³/mol. The first kappa shape index (κ1) is 28.9.